The van der Waals surface area contributed by atoms with Crippen LogP contribution in [-0.2, 0) is 17.9 Å². The van der Waals surface area contributed by atoms with E-state index in [0.717, 1.165) is 5.69 Å². The fourth-order valence-corrected chi connectivity index (χ4v) is 2.79. The van der Waals surface area contributed by atoms with Crippen molar-refractivity contribution in [2.45, 2.75) is 26.3 Å². The van der Waals surface area contributed by atoms with E-state index in [9.17, 15) is 22.4 Å². The van der Waals surface area contributed by atoms with E-state index in [0.29, 0.717) is 11.1 Å². The number of amides is 1. The van der Waals surface area contributed by atoms with E-state index in [2.05, 4.69) is 15.2 Å². The predicted octanol–water partition coefficient (Wildman–Crippen LogP) is 4.71. The SMILES string of the molecule is Cc1cc(NC(=O)c2cccc(COCC(F)(F)F)c2)nn1Cc1ccccc1F. The Morgan fingerprint density at radius 1 is 1.13 bits per heavy atom. The van der Waals surface area contributed by atoms with Gasteiger partial charge in [-0.2, -0.15) is 18.3 Å². The van der Waals surface area contributed by atoms with Crippen LogP contribution in [0.5, 0.6) is 0 Å². The molecule has 0 unspecified atom stereocenters. The van der Waals surface area contributed by atoms with E-state index in [1.807, 2.05) is 0 Å². The van der Waals surface area contributed by atoms with Gasteiger partial charge in [-0.05, 0) is 30.7 Å². The maximum Gasteiger partial charge on any atom is 0.411 e. The van der Waals surface area contributed by atoms with Crippen LogP contribution in [0, 0.1) is 12.7 Å². The molecule has 30 heavy (non-hydrogen) atoms. The average Bonchev–Trinajstić information content (AvgIpc) is 3.01. The minimum Gasteiger partial charge on any atom is -0.367 e. The number of alkyl halides is 3. The summed E-state index contributed by atoms with van der Waals surface area (Å²) in [5, 5.41) is 6.92. The first kappa shape index (κ1) is 21.5. The van der Waals surface area contributed by atoms with Crippen molar-refractivity contribution in [1.82, 2.24) is 9.78 Å². The second-order valence-electron chi connectivity index (χ2n) is 6.68. The number of carbonyl (C=O) groups excluding carboxylic acids is 1. The molecule has 0 spiro atoms. The Morgan fingerprint density at radius 2 is 1.90 bits per heavy atom. The van der Waals surface area contributed by atoms with Crippen LogP contribution in [0.15, 0.2) is 54.6 Å². The van der Waals surface area contributed by atoms with Crippen LogP contribution in [0.1, 0.15) is 27.2 Å². The van der Waals surface area contributed by atoms with Crippen LogP contribution in [0.4, 0.5) is 23.4 Å². The lowest BCUT2D eigenvalue weighted by molar-refractivity contribution is -0.176. The van der Waals surface area contributed by atoms with Gasteiger partial charge in [0.25, 0.3) is 5.91 Å². The van der Waals surface area contributed by atoms with Crippen molar-refractivity contribution in [3.63, 3.8) is 0 Å². The molecule has 0 saturated carbocycles. The van der Waals surface area contributed by atoms with Gasteiger partial charge < -0.3 is 10.1 Å². The zero-order valence-electron chi connectivity index (χ0n) is 16.0. The Balaban J connectivity index is 1.65. The third-order valence-electron chi connectivity index (χ3n) is 4.22. The molecule has 0 aliphatic carbocycles. The second-order valence-corrected chi connectivity index (χ2v) is 6.68. The summed E-state index contributed by atoms with van der Waals surface area (Å²) in [5.74, 6) is -0.529. The zero-order chi connectivity index (χ0) is 21.7. The molecule has 1 N–H and O–H groups in total. The summed E-state index contributed by atoms with van der Waals surface area (Å²) in [6.45, 7) is 0.363. The molecule has 5 nitrogen and oxygen atoms in total. The number of aryl methyl sites for hydroxylation is 1. The molecule has 9 heteroatoms. The molecule has 0 aliphatic rings. The van der Waals surface area contributed by atoms with Gasteiger partial charge >= 0.3 is 6.18 Å². The number of halogens is 4. The molecular weight excluding hydrogens is 402 g/mol. The largest absolute Gasteiger partial charge is 0.411 e. The number of nitrogens with one attached hydrogen (secondary N) is 1. The third-order valence-corrected chi connectivity index (χ3v) is 4.22. The van der Waals surface area contributed by atoms with Crippen molar-refractivity contribution < 1.29 is 27.1 Å². The molecule has 1 amide bonds. The van der Waals surface area contributed by atoms with Gasteiger partial charge in [0.2, 0.25) is 0 Å². The van der Waals surface area contributed by atoms with Gasteiger partial charge in [-0.15, -0.1) is 0 Å². The number of hydrogen-bond acceptors (Lipinski definition) is 3. The molecule has 0 radical (unpaired) electrons. The maximum absolute atomic E-state index is 13.9. The van der Waals surface area contributed by atoms with Gasteiger partial charge in [-0.1, -0.05) is 30.3 Å². The molecule has 1 aromatic heterocycles. The van der Waals surface area contributed by atoms with Crippen molar-refractivity contribution in [3.05, 3.63) is 82.8 Å². The van der Waals surface area contributed by atoms with Gasteiger partial charge in [0.1, 0.15) is 12.4 Å². The minimum absolute atomic E-state index is 0.209. The normalized spacial score (nSPS) is 11.5. The number of hydrogen-bond donors (Lipinski definition) is 1. The van der Waals surface area contributed by atoms with Crippen LogP contribution in [0.25, 0.3) is 0 Å². The van der Waals surface area contributed by atoms with Gasteiger partial charge in [-0.3, -0.25) is 9.48 Å². The molecule has 2 aromatic carbocycles. The first-order chi connectivity index (χ1) is 14.2. The number of benzene rings is 2. The highest BCUT2D eigenvalue weighted by atomic mass is 19.4. The van der Waals surface area contributed by atoms with Crippen molar-refractivity contribution in [2.75, 3.05) is 11.9 Å². The van der Waals surface area contributed by atoms with Gasteiger partial charge in [0.15, 0.2) is 5.82 Å². The fraction of sp³-hybridized carbons (Fsp3) is 0.238. The lowest BCUT2D eigenvalue weighted by atomic mass is 10.1. The van der Waals surface area contributed by atoms with Gasteiger partial charge in [-0.25, -0.2) is 4.39 Å². The molecule has 0 bridgehead atoms. The van der Waals surface area contributed by atoms with Gasteiger partial charge in [0.05, 0.1) is 13.2 Å². The topological polar surface area (TPSA) is 56.1 Å². The summed E-state index contributed by atoms with van der Waals surface area (Å²) >= 11 is 0. The predicted molar refractivity (Wildman–Crippen MR) is 103 cm³/mol. The zero-order valence-corrected chi connectivity index (χ0v) is 16.0. The molecule has 0 aliphatic heterocycles. The Hall–Kier alpha value is -3.20. The minimum atomic E-state index is -4.41. The molecule has 1 heterocycles. The highest BCUT2D eigenvalue weighted by Gasteiger charge is 2.27. The van der Waals surface area contributed by atoms with Gasteiger partial charge in [0, 0.05) is 22.9 Å². The molecule has 3 rings (SSSR count). The quantitative estimate of drug-likeness (QED) is 0.562. The summed E-state index contributed by atoms with van der Waals surface area (Å²) in [6.07, 6.45) is -4.41. The summed E-state index contributed by atoms with van der Waals surface area (Å²) in [6, 6.07) is 14.1. The highest BCUT2D eigenvalue weighted by Crippen LogP contribution is 2.17. The van der Waals surface area contributed by atoms with Crippen LogP contribution in [-0.4, -0.2) is 28.5 Å². The van der Waals surface area contributed by atoms with Crippen LogP contribution < -0.4 is 5.32 Å². The van der Waals surface area contributed by atoms with Crippen molar-refractivity contribution in [3.8, 4) is 0 Å². The smallest absolute Gasteiger partial charge is 0.367 e. The van der Waals surface area contributed by atoms with Crippen LogP contribution in [0.3, 0.4) is 0 Å². The fourth-order valence-electron chi connectivity index (χ4n) is 2.79. The van der Waals surface area contributed by atoms with Crippen LogP contribution in [0.2, 0.25) is 0 Å². The summed E-state index contributed by atoms with van der Waals surface area (Å²) in [7, 11) is 0. The Kier molecular flexibility index (Phi) is 6.51. The van der Waals surface area contributed by atoms with Crippen molar-refractivity contribution in [2.24, 2.45) is 0 Å². The van der Waals surface area contributed by atoms with Crippen LogP contribution >= 0.6 is 0 Å². The first-order valence-corrected chi connectivity index (χ1v) is 9.04. The molecule has 3 aromatic rings. The maximum atomic E-state index is 13.9. The summed E-state index contributed by atoms with van der Waals surface area (Å²) in [4.78, 5) is 12.5. The number of carbonyl (C=O) groups is 1. The number of aromatic nitrogens is 2. The van der Waals surface area contributed by atoms with E-state index >= 15 is 0 Å². The Labute approximate surface area is 170 Å². The van der Waals surface area contributed by atoms with Crippen molar-refractivity contribution >= 4 is 11.7 Å². The average molecular weight is 421 g/mol. The summed E-state index contributed by atoms with van der Waals surface area (Å²) < 4.78 is 56.6. The lowest BCUT2D eigenvalue weighted by Gasteiger charge is -2.09. The number of nitrogens with zero attached hydrogens (tertiary/aromatic N) is 2. The van der Waals surface area contributed by atoms with E-state index < -0.39 is 18.7 Å². The number of ether oxygens (including phenoxy) is 1. The Morgan fingerprint density at radius 3 is 2.63 bits per heavy atom. The number of rotatable bonds is 7. The third kappa shape index (κ3) is 5.90. The molecule has 158 valence electrons. The summed E-state index contributed by atoms with van der Waals surface area (Å²) in [5.41, 5.74) is 1.88. The van der Waals surface area contributed by atoms with Crippen molar-refractivity contribution in [1.29, 1.82) is 0 Å². The second kappa shape index (κ2) is 9.08. The molecule has 0 saturated heterocycles. The monoisotopic (exact) mass is 421 g/mol. The molecule has 0 fully saturated rings. The lowest BCUT2D eigenvalue weighted by Crippen LogP contribution is -2.17. The molecule has 0 atom stereocenters. The highest BCUT2D eigenvalue weighted by molar-refractivity contribution is 6.03. The number of anilines is 1. The van der Waals surface area contributed by atoms with E-state index in [1.165, 1.54) is 18.2 Å². The van der Waals surface area contributed by atoms with E-state index in [1.54, 1.807) is 48.0 Å². The van der Waals surface area contributed by atoms with E-state index in [4.69, 9.17) is 0 Å². The standard InChI is InChI=1S/C21H19F4N3O2/c1-14-9-19(27-28(14)11-17-6-2-3-8-18(17)22)26-20(29)16-7-4-5-15(10-16)12-30-13-21(23,24)25/h2-10H,11-13H2,1H3,(H,26,27,29). The first-order valence-electron chi connectivity index (χ1n) is 9.04. The molecular formula is C21H19F4N3O2. The van der Waals surface area contributed by atoms with E-state index in [-0.39, 0.29) is 30.4 Å². The Bertz CT molecular complexity index is 1030.